The van der Waals surface area contributed by atoms with Crippen molar-refractivity contribution in [3.8, 4) is 0 Å². The maximum atomic E-state index is 13.6. The van der Waals surface area contributed by atoms with E-state index in [1.54, 1.807) is 24.4 Å². The summed E-state index contributed by atoms with van der Waals surface area (Å²) < 4.78 is 15.1. The first-order chi connectivity index (χ1) is 11.5. The van der Waals surface area contributed by atoms with Gasteiger partial charge in [-0.15, -0.1) is 0 Å². The Balaban J connectivity index is 1.92. The van der Waals surface area contributed by atoms with Gasteiger partial charge in [0.2, 0.25) is 0 Å². The van der Waals surface area contributed by atoms with Crippen LogP contribution in [0, 0.1) is 5.82 Å². The van der Waals surface area contributed by atoms with Crippen molar-refractivity contribution in [3.63, 3.8) is 0 Å². The zero-order valence-corrected chi connectivity index (χ0v) is 12.9. The van der Waals surface area contributed by atoms with Crippen LogP contribution in [0.15, 0.2) is 48.8 Å². The number of carbonyl (C=O) groups is 2. The van der Waals surface area contributed by atoms with Gasteiger partial charge in [0.15, 0.2) is 6.04 Å². The molecule has 122 valence electrons. The number of halogens is 2. The number of amides is 1. The van der Waals surface area contributed by atoms with E-state index in [4.69, 9.17) is 11.6 Å². The standard InChI is InChI=1S/C16H11ClFN3O3/c17-11-5-4-9(7-12(11)18)14(16(23)24)20-15(22)10-8-19-21-6-2-1-3-13(10)21/h1-8,14H,(H,20,22)(H,23,24). The van der Waals surface area contributed by atoms with E-state index in [-0.39, 0.29) is 16.1 Å². The maximum Gasteiger partial charge on any atom is 0.330 e. The number of pyridine rings is 1. The van der Waals surface area contributed by atoms with Gasteiger partial charge in [0.25, 0.3) is 5.91 Å². The Bertz CT molecular complexity index is 941. The first-order valence-corrected chi connectivity index (χ1v) is 7.26. The molecule has 0 radical (unpaired) electrons. The van der Waals surface area contributed by atoms with E-state index in [1.165, 1.54) is 22.8 Å². The molecule has 0 saturated carbocycles. The molecule has 0 bridgehead atoms. The van der Waals surface area contributed by atoms with Crippen LogP contribution in [0.25, 0.3) is 5.52 Å². The Hall–Kier alpha value is -2.93. The maximum absolute atomic E-state index is 13.6. The molecule has 3 aromatic rings. The molecule has 0 fully saturated rings. The highest BCUT2D eigenvalue weighted by Crippen LogP contribution is 2.21. The predicted molar refractivity (Wildman–Crippen MR) is 84.4 cm³/mol. The monoisotopic (exact) mass is 347 g/mol. The molecule has 2 heterocycles. The smallest absolute Gasteiger partial charge is 0.330 e. The normalized spacial score (nSPS) is 12.1. The van der Waals surface area contributed by atoms with Crippen LogP contribution >= 0.6 is 11.6 Å². The molecule has 0 aliphatic carbocycles. The van der Waals surface area contributed by atoms with Crippen LogP contribution in [0.3, 0.4) is 0 Å². The van der Waals surface area contributed by atoms with Gasteiger partial charge in [0, 0.05) is 6.20 Å². The zero-order chi connectivity index (χ0) is 17.3. The molecule has 3 rings (SSSR count). The molecular formula is C16H11ClFN3O3. The molecule has 0 aliphatic heterocycles. The number of aliphatic carboxylic acids is 1. The summed E-state index contributed by atoms with van der Waals surface area (Å²) >= 11 is 5.60. The van der Waals surface area contributed by atoms with Crippen LogP contribution in [0.4, 0.5) is 4.39 Å². The summed E-state index contributed by atoms with van der Waals surface area (Å²) in [6.45, 7) is 0. The van der Waals surface area contributed by atoms with Crippen molar-refractivity contribution in [2.24, 2.45) is 0 Å². The van der Waals surface area contributed by atoms with Crippen LogP contribution in [0.5, 0.6) is 0 Å². The molecule has 2 aromatic heterocycles. The minimum absolute atomic E-state index is 0.0780. The Morgan fingerprint density at radius 2 is 2.08 bits per heavy atom. The minimum atomic E-state index is -1.41. The summed E-state index contributed by atoms with van der Waals surface area (Å²) in [4.78, 5) is 23.9. The van der Waals surface area contributed by atoms with Crippen LogP contribution in [0.2, 0.25) is 5.02 Å². The van der Waals surface area contributed by atoms with E-state index in [9.17, 15) is 19.1 Å². The highest BCUT2D eigenvalue weighted by molar-refractivity contribution is 6.30. The molecule has 1 atom stereocenters. The molecule has 0 spiro atoms. The lowest BCUT2D eigenvalue weighted by Crippen LogP contribution is -2.33. The third kappa shape index (κ3) is 2.93. The fourth-order valence-electron chi connectivity index (χ4n) is 2.30. The number of carboxylic acids is 1. The van der Waals surface area contributed by atoms with Crippen LogP contribution in [0.1, 0.15) is 22.0 Å². The SMILES string of the molecule is O=C(NC(C(=O)O)c1ccc(Cl)c(F)c1)c1cnn2ccccc12. The van der Waals surface area contributed by atoms with Gasteiger partial charge >= 0.3 is 5.97 Å². The number of rotatable bonds is 4. The Kier molecular flexibility index (Phi) is 4.18. The summed E-state index contributed by atoms with van der Waals surface area (Å²) in [5, 5.41) is 15.6. The summed E-state index contributed by atoms with van der Waals surface area (Å²) in [6.07, 6.45) is 3.00. The fraction of sp³-hybridized carbons (Fsp3) is 0.0625. The van der Waals surface area contributed by atoms with E-state index in [2.05, 4.69) is 10.4 Å². The van der Waals surface area contributed by atoms with Crippen molar-refractivity contribution in [1.82, 2.24) is 14.9 Å². The molecule has 1 amide bonds. The van der Waals surface area contributed by atoms with Gasteiger partial charge in [-0.3, -0.25) is 4.79 Å². The lowest BCUT2D eigenvalue weighted by Gasteiger charge is -2.15. The second kappa shape index (κ2) is 6.29. The van der Waals surface area contributed by atoms with Crippen molar-refractivity contribution < 1.29 is 19.1 Å². The zero-order valence-electron chi connectivity index (χ0n) is 12.1. The van der Waals surface area contributed by atoms with Gasteiger partial charge in [0.05, 0.1) is 22.3 Å². The third-order valence-electron chi connectivity index (χ3n) is 3.47. The Labute approximate surface area is 140 Å². The summed E-state index contributed by atoms with van der Waals surface area (Å²) in [7, 11) is 0. The van der Waals surface area contributed by atoms with E-state index in [1.807, 2.05) is 0 Å². The number of aromatic nitrogens is 2. The summed E-state index contributed by atoms with van der Waals surface area (Å²) in [6, 6.07) is 7.32. The molecule has 0 aliphatic rings. The quantitative estimate of drug-likeness (QED) is 0.760. The lowest BCUT2D eigenvalue weighted by atomic mass is 10.1. The number of hydrogen-bond acceptors (Lipinski definition) is 3. The largest absolute Gasteiger partial charge is 0.479 e. The van der Waals surface area contributed by atoms with E-state index < -0.39 is 23.7 Å². The van der Waals surface area contributed by atoms with E-state index in [0.717, 1.165) is 6.07 Å². The lowest BCUT2D eigenvalue weighted by molar-refractivity contribution is -0.139. The molecular weight excluding hydrogens is 337 g/mol. The van der Waals surface area contributed by atoms with Crippen LogP contribution in [-0.4, -0.2) is 26.6 Å². The van der Waals surface area contributed by atoms with Crippen molar-refractivity contribution in [2.45, 2.75) is 6.04 Å². The fourth-order valence-corrected chi connectivity index (χ4v) is 2.42. The molecule has 24 heavy (non-hydrogen) atoms. The van der Waals surface area contributed by atoms with Crippen molar-refractivity contribution >= 4 is 29.0 Å². The van der Waals surface area contributed by atoms with Gasteiger partial charge in [-0.25, -0.2) is 13.7 Å². The van der Waals surface area contributed by atoms with Crippen molar-refractivity contribution in [3.05, 3.63) is 70.8 Å². The van der Waals surface area contributed by atoms with Gasteiger partial charge in [-0.1, -0.05) is 23.7 Å². The average Bonchev–Trinajstić information content (AvgIpc) is 2.99. The average molecular weight is 348 g/mol. The highest BCUT2D eigenvalue weighted by atomic mass is 35.5. The highest BCUT2D eigenvalue weighted by Gasteiger charge is 2.25. The summed E-state index contributed by atoms with van der Waals surface area (Å²) in [5.74, 6) is -2.70. The number of fused-ring (bicyclic) bond motifs is 1. The number of carboxylic acid groups (broad SMARTS) is 1. The minimum Gasteiger partial charge on any atom is -0.479 e. The predicted octanol–water partition coefficient (Wildman–Crippen LogP) is 2.68. The van der Waals surface area contributed by atoms with Gasteiger partial charge in [-0.2, -0.15) is 5.10 Å². The van der Waals surface area contributed by atoms with Crippen molar-refractivity contribution in [1.29, 1.82) is 0 Å². The number of hydrogen-bond donors (Lipinski definition) is 2. The molecule has 2 N–H and O–H groups in total. The second-order valence-electron chi connectivity index (χ2n) is 5.01. The first kappa shape index (κ1) is 15.9. The molecule has 8 heteroatoms. The van der Waals surface area contributed by atoms with Gasteiger partial charge in [0.1, 0.15) is 5.82 Å². The number of benzene rings is 1. The topological polar surface area (TPSA) is 83.7 Å². The van der Waals surface area contributed by atoms with Crippen molar-refractivity contribution in [2.75, 3.05) is 0 Å². The Morgan fingerprint density at radius 1 is 1.29 bits per heavy atom. The second-order valence-corrected chi connectivity index (χ2v) is 5.41. The molecule has 1 aromatic carbocycles. The molecule has 0 saturated heterocycles. The number of nitrogens with zero attached hydrogens (tertiary/aromatic N) is 2. The molecule has 6 nitrogen and oxygen atoms in total. The summed E-state index contributed by atoms with van der Waals surface area (Å²) in [5.41, 5.74) is 0.826. The van der Waals surface area contributed by atoms with Crippen LogP contribution in [-0.2, 0) is 4.79 Å². The van der Waals surface area contributed by atoms with E-state index in [0.29, 0.717) is 5.52 Å². The first-order valence-electron chi connectivity index (χ1n) is 6.88. The third-order valence-corrected chi connectivity index (χ3v) is 3.78. The Morgan fingerprint density at radius 3 is 2.79 bits per heavy atom. The van der Waals surface area contributed by atoms with E-state index >= 15 is 0 Å². The van der Waals surface area contributed by atoms with Crippen LogP contribution < -0.4 is 5.32 Å². The van der Waals surface area contributed by atoms with Gasteiger partial charge < -0.3 is 10.4 Å². The number of carbonyl (C=O) groups excluding carboxylic acids is 1. The number of nitrogens with one attached hydrogen (secondary N) is 1. The molecule has 1 unspecified atom stereocenters. The van der Waals surface area contributed by atoms with Gasteiger partial charge in [-0.05, 0) is 29.8 Å².